The second kappa shape index (κ2) is 5.99. The number of hydrogen-bond acceptors (Lipinski definition) is 4. The minimum absolute atomic E-state index is 0.0481. The van der Waals surface area contributed by atoms with Crippen molar-refractivity contribution in [1.82, 2.24) is 9.55 Å². The number of benzene rings is 1. The first-order valence-electron chi connectivity index (χ1n) is 6.42. The highest BCUT2D eigenvalue weighted by molar-refractivity contribution is 5.73. The van der Waals surface area contributed by atoms with E-state index in [-0.39, 0.29) is 11.5 Å². The first-order chi connectivity index (χ1) is 9.97. The van der Waals surface area contributed by atoms with E-state index in [1.165, 1.54) is 13.2 Å². The van der Waals surface area contributed by atoms with Gasteiger partial charge in [-0.15, -0.1) is 0 Å². The highest BCUT2D eigenvalue weighted by atomic mass is 19.3. The van der Waals surface area contributed by atoms with Crippen molar-refractivity contribution in [3.63, 3.8) is 0 Å². The van der Waals surface area contributed by atoms with E-state index in [9.17, 15) is 8.78 Å². The number of nitrogens with zero attached hydrogens (tertiary/aromatic N) is 2. The van der Waals surface area contributed by atoms with Gasteiger partial charge in [0, 0.05) is 19.0 Å². The molecule has 5 nitrogen and oxygen atoms in total. The number of hydrogen-bond donors (Lipinski definition) is 1. The molecule has 0 aliphatic rings. The van der Waals surface area contributed by atoms with Crippen molar-refractivity contribution >= 4 is 5.82 Å². The minimum Gasteiger partial charge on any atom is -0.493 e. The van der Waals surface area contributed by atoms with Gasteiger partial charge in [0.1, 0.15) is 17.3 Å². The van der Waals surface area contributed by atoms with Gasteiger partial charge in [-0.3, -0.25) is 0 Å². The van der Waals surface area contributed by atoms with Crippen molar-refractivity contribution in [2.45, 2.75) is 20.0 Å². The van der Waals surface area contributed by atoms with E-state index in [2.05, 4.69) is 9.72 Å². The standard InChI is InChI=1S/C14H17F2N3O2/c1-4-11-18-12(13(17)19(11)2)8-5-6-9(20-3)10(7-8)21-14(15)16/h5-7,14H,4,17H2,1-3H3. The van der Waals surface area contributed by atoms with Gasteiger partial charge >= 0.3 is 6.61 Å². The molecule has 0 bridgehead atoms. The van der Waals surface area contributed by atoms with Crippen LogP contribution < -0.4 is 15.2 Å². The molecule has 1 heterocycles. The molecule has 0 saturated heterocycles. The molecule has 114 valence electrons. The summed E-state index contributed by atoms with van der Waals surface area (Å²) in [6, 6.07) is 4.70. The van der Waals surface area contributed by atoms with Crippen LogP contribution in [0.25, 0.3) is 11.3 Å². The summed E-state index contributed by atoms with van der Waals surface area (Å²) in [4.78, 5) is 4.43. The number of aryl methyl sites for hydroxylation is 1. The van der Waals surface area contributed by atoms with E-state index < -0.39 is 6.61 Å². The molecule has 0 fully saturated rings. The van der Waals surface area contributed by atoms with E-state index in [1.807, 2.05) is 14.0 Å². The third-order valence-corrected chi connectivity index (χ3v) is 3.20. The van der Waals surface area contributed by atoms with Gasteiger partial charge in [0.15, 0.2) is 11.5 Å². The molecule has 0 amide bonds. The fourth-order valence-corrected chi connectivity index (χ4v) is 2.10. The highest BCUT2D eigenvalue weighted by Crippen LogP contribution is 2.35. The Morgan fingerprint density at radius 1 is 1.33 bits per heavy atom. The van der Waals surface area contributed by atoms with Crippen LogP contribution in [-0.2, 0) is 13.5 Å². The first-order valence-corrected chi connectivity index (χ1v) is 6.42. The summed E-state index contributed by atoms with van der Waals surface area (Å²) in [6.45, 7) is -0.966. The van der Waals surface area contributed by atoms with Crippen molar-refractivity contribution in [2.24, 2.45) is 7.05 Å². The Morgan fingerprint density at radius 2 is 2.05 bits per heavy atom. The largest absolute Gasteiger partial charge is 0.493 e. The molecule has 0 aliphatic carbocycles. The second-order valence-electron chi connectivity index (χ2n) is 4.42. The third-order valence-electron chi connectivity index (χ3n) is 3.20. The van der Waals surface area contributed by atoms with Crippen LogP contribution in [-0.4, -0.2) is 23.3 Å². The zero-order chi connectivity index (χ0) is 15.6. The normalized spacial score (nSPS) is 11.0. The molecule has 1 aromatic heterocycles. The SMILES string of the molecule is CCc1nc(-c2ccc(OC)c(OC(F)F)c2)c(N)n1C. The Labute approximate surface area is 121 Å². The summed E-state index contributed by atoms with van der Waals surface area (Å²) >= 11 is 0. The lowest BCUT2D eigenvalue weighted by Crippen LogP contribution is -2.04. The number of aromatic nitrogens is 2. The van der Waals surface area contributed by atoms with Gasteiger partial charge in [-0.25, -0.2) is 4.98 Å². The molecule has 0 aliphatic heterocycles. The number of imidazole rings is 1. The smallest absolute Gasteiger partial charge is 0.387 e. The van der Waals surface area contributed by atoms with Crippen LogP contribution in [0.5, 0.6) is 11.5 Å². The Bertz CT molecular complexity index is 641. The summed E-state index contributed by atoms with van der Waals surface area (Å²) in [5.74, 6) is 1.46. The second-order valence-corrected chi connectivity index (χ2v) is 4.42. The molecular formula is C14H17F2N3O2. The fourth-order valence-electron chi connectivity index (χ4n) is 2.10. The zero-order valence-corrected chi connectivity index (χ0v) is 12.1. The predicted octanol–water partition coefficient (Wildman–Crippen LogP) is 2.84. The van der Waals surface area contributed by atoms with Crippen LogP contribution in [0.15, 0.2) is 18.2 Å². The van der Waals surface area contributed by atoms with Gasteiger partial charge in [-0.2, -0.15) is 8.78 Å². The lowest BCUT2D eigenvalue weighted by atomic mass is 10.1. The van der Waals surface area contributed by atoms with E-state index in [4.69, 9.17) is 10.5 Å². The molecule has 0 unspecified atom stereocenters. The van der Waals surface area contributed by atoms with Crippen LogP contribution in [0.2, 0.25) is 0 Å². The van der Waals surface area contributed by atoms with Gasteiger partial charge in [0.25, 0.3) is 0 Å². The topological polar surface area (TPSA) is 62.3 Å². The zero-order valence-electron chi connectivity index (χ0n) is 12.1. The number of alkyl halides is 2. The molecule has 0 saturated carbocycles. The van der Waals surface area contributed by atoms with Crippen LogP contribution >= 0.6 is 0 Å². The van der Waals surface area contributed by atoms with Crippen LogP contribution in [0.4, 0.5) is 14.6 Å². The van der Waals surface area contributed by atoms with Crippen molar-refractivity contribution in [3.05, 3.63) is 24.0 Å². The number of ether oxygens (including phenoxy) is 2. The number of nitrogens with two attached hydrogens (primary N) is 1. The van der Waals surface area contributed by atoms with Gasteiger partial charge in [-0.1, -0.05) is 6.92 Å². The molecule has 7 heteroatoms. The molecule has 0 atom stereocenters. The number of nitrogen functional groups attached to an aromatic ring is 1. The molecule has 0 spiro atoms. The van der Waals surface area contributed by atoms with E-state index >= 15 is 0 Å². The van der Waals surface area contributed by atoms with E-state index in [1.54, 1.807) is 16.7 Å². The predicted molar refractivity (Wildman–Crippen MR) is 75.6 cm³/mol. The van der Waals surface area contributed by atoms with Gasteiger partial charge in [0.05, 0.1) is 7.11 Å². The molecule has 2 rings (SSSR count). The molecular weight excluding hydrogens is 280 g/mol. The van der Waals surface area contributed by atoms with Crippen LogP contribution in [0.1, 0.15) is 12.7 Å². The highest BCUT2D eigenvalue weighted by Gasteiger charge is 2.16. The van der Waals surface area contributed by atoms with Crippen molar-refractivity contribution in [1.29, 1.82) is 0 Å². The molecule has 2 N–H and O–H groups in total. The maximum atomic E-state index is 12.5. The van der Waals surface area contributed by atoms with Crippen molar-refractivity contribution in [2.75, 3.05) is 12.8 Å². The lowest BCUT2D eigenvalue weighted by molar-refractivity contribution is -0.0511. The lowest BCUT2D eigenvalue weighted by Gasteiger charge is -2.11. The van der Waals surface area contributed by atoms with Crippen molar-refractivity contribution in [3.8, 4) is 22.8 Å². The monoisotopic (exact) mass is 297 g/mol. The summed E-state index contributed by atoms with van der Waals surface area (Å²) in [5.41, 5.74) is 7.15. The number of rotatable bonds is 5. The van der Waals surface area contributed by atoms with Crippen molar-refractivity contribution < 1.29 is 18.3 Å². The minimum atomic E-state index is -2.93. The Morgan fingerprint density at radius 3 is 2.57 bits per heavy atom. The Hall–Kier alpha value is -2.31. The third kappa shape index (κ3) is 2.91. The number of methoxy groups -OCH3 is 1. The Balaban J connectivity index is 2.49. The fraction of sp³-hybridized carbons (Fsp3) is 0.357. The molecule has 1 aromatic carbocycles. The van der Waals surface area contributed by atoms with Gasteiger partial charge in [0.2, 0.25) is 0 Å². The quantitative estimate of drug-likeness (QED) is 0.921. The number of halogens is 2. The summed E-state index contributed by atoms with van der Waals surface area (Å²) in [7, 11) is 3.20. The first kappa shape index (κ1) is 15.1. The van der Waals surface area contributed by atoms with Gasteiger partial charge in [-0.05, 0) is 18.2 Å². The molecule has 21 heavy (non-hydrogen) atoms. The molecule has 2 aromatic rings. The van der Waals surface area contributed by atoms with E-state index in [0.717, 1.165) is 12.2 Å². The Kier molecular flexibility index (Phi) is 4.30. The van der Waals surface area contributed by atoms with Crippen LogP contribution in [0, 0.1) is 0 Å². The van der Waals surface area contributed by atoms with Gasteiger partial charge < -0.3 is 19.8 Å². The summed E-state index contributed by atoms with van der Waals surface area (Å²) in [6.07, 6.45) is 0.719. The maximum Gasteiger partial charge on any atom is 0.387 e. The van der Waals surface area contributed by atoms with E-state index in [0.29, 0.717) is 17.1 Å². The average Bonchev–Trinajstić information content (AvgIpc) is 2.74. The summed E-state index contributed by atoms with van der Waals surface area (Å²) in [5, 5.41) is 0. The maximum absolute atomic E-state index is 12.5. The van der Waals surface area contributed by atoms with Crippen LogP contribution in [0.3, 0.4) is 0 Å². The number of anilines is 1. The average molecular weight is 297 g/mol. The summed E-state index contributed by atoms with van der Waals surface area (Å²) < 4.78 is 36.1. The molecule has 0 radical (unpaired) electrons.